The van der Waals surface area contributed by atoms with Crippen LogP contribution in [0.15, 0.2) is 6.33 Å². The maximum Gasteiger partial charge on any atom is 0.220 e. The van der Waals surface area contributed by atoms with E-state index in [1.807, 2.05) is 6.92 Å². The minimum Gasteiger partial charge on any atom is -0.478 e. The zero-order valence-electron chi connectivity index (χ0n) is 9.66. The first-order valence-corrected chi connectivity index (χ1v) is 5.71. The summed E-state index contributed by atoms with van der Waals surface area (Å²) in [5, 5.41) is 0. The van der Waals surface area contributed by atoms with Gasteiger partial charge in [-0.2, -0.15) is 0 Å². The second-order valence-electron chi connectivity index (χ2n) is 4.34. The fourth-order valence-electron chi connectivity index (χ4n) is 1.87. The van der Waals surface area contributed by atoms with Gasteiger partial charge in [-0.05, 0) is 25.7 Å². The Balaban J connectivity index is 2.40. The van der Waals surface area contributed by atoms with Gasteiger partial charge < -0.3 is 4.74 Å². The van der Waals surface area contributed by atoms with Crippen molar-refractivity contribution in [2.24, 2.45) is 0 Å². The Labute approximate surface area is 90.9 Å². The third-order valence-corrected chi connectivity index (χ3v) is 2.70. The van der Waals surface area contributed by atoms with E-state index in [4.69, 9.17) is 4.74 Å². The summed E-state index contributed by atoms with van der Waals surface area (Å²) in [4.78, 5) is 8.64. The van der Waals surface area contributed by atoms with E-state index in [-0.39, 0.29) is 0 Å². The molecule has 0 N–H and O–H groups in total. The minimum absolute atomic E-state index is 0.434. The van der Waals surface area contributed by atoms with Gasteiger partial charge in [0, 0.05) is 11.5 Å². The van der Waals surface area contributed by atoms with E-state index in [0.29, 0.717) is 18.4 Å². The molecule has 0 radical (unpaired) electrons. The van der Waals surface area contributed by atoms with E-state index in [2.05, 4.69) is 23.8 Å². The van der Waals surface area contributed by atoms with Crippen LogP contribution in [0.2, 0.25) is 0 Å². The maximum atomic E-state index is 5.57. The lowest BCUT2D eigenvalue weighted by Crippen LogP contribution is -2.06. The van der Waals surface area contributed by atoms with E-state index in [1.54, 1.807) is 6.33 Å². The predicted octanol–water partition coefficient (Wildman–Crippen LogP) is 2.88. The summed E-state index contributed by atoms with van der Waals surface area (Å²) in [6.07, 6.45) is 4.16. The second-order valence-corrected chi connectivity index (χ2v) is 4.34. The molecule has 1 saturated carbocycles. The fraction of sp³-hybridized carbons (Fsp3) is 0.667. The van der Waals surface area contributed by atoms with Crippen LogP contribution < -0.4 is 4.74 Å². The zero-order valence-corrected chi connectivity index (χ0v) is 9.66. The summed E-state index contributed by atoms with van der Waals surface area (Å²) < 4.78 is 5.57. The van der Waals surface area contributed by atoms with Gasteiger partial charge >= 0.3 is 0 Å². The highest BCUT2D eigenvalue weighted by atomic mass is 16.5. The quantitative estimate of drug-likeness (QED) is 0.759. The molecule has 1 aromatic rings. The first-order chi connectivity index (χ1) is 7.24. The van der Waals surface area contributed by atoms with Gasteiger partial charge in [0.15, 0.2) is 0 Å². The molecule has 1 aliphatic carbocycles. The van der Waals surface area contributed by atoms with E-state index >= 15 is 0 Å². The van der Waals surface area contributed by atoms with Gasteiger partial charge in [0.1, 0.15) is 6.33 Å². The van der Waals surface area contributed by atoms with Crippen molar-refractivity contribution in [2.45, 2.75) is 45.4 Å². The summed E-state index contributed by atoms with van der Waals surface area (Å²) >= 11 is 0. The molecule has 2 rings (SSSR count). The molecule has 1 aliphatic rings. The van der Waals surface area contributed by atoms with Crippen LogP contribution in [0.5, 0.6) is 5.88 Å². The number of nitrogens with zero attached hydrogens (tertiary/aromatic N) is 2. The molecule has 1 aromatic heterocycles. The summed E-state index contributed by atoms with van der Waals surface area (Å²) in [6, 6.07) is 0. The molecule has 1 heterocycles. The smallest absolute Gasteiger partial charge is 0.220 e. The summed E-state index contributed by atoms with van der Waals surface area (Å²) in [5.41, 5.74) is 2.42. The zero-order chi connectivity index (χ0) is 10.8. The lowest BCUT2D eigenvalue weighted by Gasteiger charge is -2.15. The number of hydrogen-bond acceptors (Lipinski definition) is 3. The topological polar surface area (TPSA) is 35.0 Å². The molecule has 15 heavy (non-hydrogen) atoms. The third kappa shape index (κ3) is 2.11. The lowest BCUT2D eigenvalue weighted by molar-refractivity contribution is 0.319. The molecule has 0 spiro atoms. The van der Waals surface area contributed by atoms with Crippen LogP contribution in [0.25, 0.3) is 0 Å². The molecule has 0 saturated heterocycles. The van der Waals surface area contributed by atoms with Crippen LogP contribution in [-0.2, 0) is 0 Å². The third-order valence-electron chi connectivity index (χ3n) is 2.70. The second kappa shape index (κ2) is 4.17. The molecule has 82 valence electrons. The van der Waals surface area contributed by atoms with E-state index < -0.39 is 0 Å². The predicted molar refractivity (Wildman–Crippen MR) is 59.3 cm³/mol. The molecule has 0 unspecified atom stereocenters. The van der Waals surface area contributed by atoms with E-state index in [1.165, 1.54) is 24.1 Å². The van der Waals surface area contributed by atoms with Crippen molar-refractivity contribution in [3.63, 3.8) is 0 Å². The largest absolute Gasteiger partial charge is 0.478 e. The highest BCUT2D eigenvalue weighted by Crippen LogP contribution is 2.43. The van der Waals surface area contributed by atoms with Gasteiger partial charge in [-0.3, -0.25) is 0 Å². The normalized spacial score (nSPS) is 15.7. The van der Waals surface area contributed by atoms with Gasteiger partial charge in [-0.25, -0.2) is 9.97 Å². The van der Waals surface area contributed by atoms with Crippen molar-refractivity contribution >= 4 is 0 Å². The Kier molecular flexibility index (Phi) is 2.89. The van der Waals surface area contributed by atoms with Crippen molar-refractivity contribution in [1.29, 1.82) is 0 Å². The van der Waals surface area contributed by atoms with Crippen LogP contribution >= 0.6 is 0 Å². The number of rotatable bonds is 4. The van der Waals surface area contributed by atoms with Crippen molar-refractivity contribution in [3.8, 4) is 5.88 Å². The molecular formula is C12H18N2O. The summed E-state index contributed by atoms with van der Waals surface area (Å²) in [6.45, 7) is 7.00. The van der Waals surface area contributed by atoms with Gasteiger partial charge in [-0.15, -0.1) is 0 Å². The van der Waals surface area contributed by atoms with Crippen molar-refractivity contribution in [2.75, 3.05) is 6.61 Å². The SMILES string of the molecule is CCOc1ncnc(C2CC2)c1C(C)C. The Hall–Kier alpha value is -1.12. The molecule has 1 fully saturated rings. The van der Waals surface area contributed by atoms with Crippen LogP contribution in [0.3, 0.4) is 0 Å². The Bertz CT molecular complexity index is 345. The summed E-state index contributed by atoms with van der Waals surface area (Å²) in [7, 11) is 0. The molecule has 3 heteroatoms. The Morgan fingerprint density at radius 1 is 1.40 bits per heavy atom. The maximum absolute atomic E-state index is 5.57. The average Bonchev–Trinajstić information content (AvgIpc) is 3.00. The minimum atomic E-state index is 0.434. The van der Waals surface area contributed by atoms with Crippen molar-refractivity contribution in [1.82, 2.24) is 9.97 Å². The highest BCUT2D eigenvalue weighted by molar-refractivity contribution is 5.36. The standard InChI is InChI=1S/C12H18N2O/c1-4-15-12-10(8(2)3)11(9-5-6-9)13-7-14-12/h7-9H,4-6H2,1-3H3. The van der Waals surface area contributed by atoms with Crippen molar-refractivity contribution in [3.05, 3.63) is 17.6 Å². The number of hydrogen-bond donors (Lipinski definition) is 0. The first kappa shape index (κ1) is 10.4. The van der Waals surface area contributed by atoms with Crippen LogP contribution in [-0.4, -0.2) is 16.6 Å². The van der Waals surface area contributed by atoms with Crippen LogP contribution in [0, 0.1) is 0 Å². The van der Waals surface area contributed by atoms with Crippen molar-refractivity contribution < 1.29 is 4.74 Å². The number of aromatic nitrogens is 2. The summed E-state index contributed by atoms with van der Waals surface area (Å²) in [5.74, 6) is 1.87. The van der Waals surface area contributed by atoms with Gasteiger partial charge in [0.05, 0.1) is 12.3 Å². The van der Waals surface area contributed by atoms with Gasteiger partial charge in [0.2, 0.25) is 5.88 Å². The van der Waals surface area contributed by atoms with E-state index in [0.717, 1.165) is 5.88 Å². The first-order valence-electron chi connectivity index (χ1n) is 5.71. The molecule has 3 nitrogen and oxygen atoms in total. The van der Waals surface area contributed by atoms with Gasteiger partial charge in [-0.1, -0.05) is 13.8 Å². The van der Waals surface area contributed by atoms with Crippen LogP contribution in [0.1, 0.15) is 56.7 Å². The lowest BCUT2D eigenvalue weighted by atomic mass is 10.00. The Morgan fingerprint density at radius 2 is 2.13 bits per heavy atom. The molecule has 0 aliphatic heterocycles. The van der Waals surface area contributed by atoms with Gasteiger partial charge in [0.25, 0.3) is 0 Å². The average molecular weight is 206 g/mol. The molecule has 0 bridgehead atoms. The molecule has 0 aromatic carbocycles. The molecule has 0 atom stereocenters. The highest BCUT2D eigenvalue weighted by Gasteiger charge is 2.30. The number of ether oxygens (including phenoxy) is 1. The fourth-order valence-corrected chi connectivity index (χ4v) is 1.87. The molecular weight excluding hydrogens is 188 g/mol. The Morgan fingerprint density at radius 3 is 2.67 bits per heavy atom. The van der Waals surface area contributed by atoms with E-state index in [9.17, 15) is 0 Å². The monoisotopic (exact) mass is 206 g/mol. The molecule has 0 amide bonds. The van der Waals surface area contributed by atoms with Crippen LogP contribution in [0.4, 0.5) is 0 Å².